The maximum absolute atomic E-state index is 12.2. The van der Waals surface area contributed by atoms with Gasteiger partial charge in [-0.1, -0.05) is 6.92 Å². The Bertz CT molecular complexity index is 517. The van der Waals surface area contributed by atoms with Gasteiger partial charge in [0, 0.05) is 37.8 Å². The van der Waals surface area contributed by atoms with E-state index in [-0.39, 0.29) is 30.3 Å². The average molecular weight is 326 g/mol. The minimum atomic E-state index is -0.0839. The average Bonchev–Trinajstić information content (AvgIpc) is 2.49. The van der Waals surface area contributed by atoms with Gasteiger partial charge in [-0.25, -0.2) is 0 Å². The lowest BCUT2D eigenvalue weighted by molar-refractivity contribution is 0.0826. The zero-order valence-electron chi connectivity index (χ0n) is 13.3. The second-order valence-electron chi connectivity index (χ2n) is 5.83. The molecule has 2 amide bonds. The molecule has 2 N–H and O–H groups in total. The van der Waals surface area contributed by atoms with Crippen LogP contribution in [-0.2, 0) is 0 Å². The van der Waals surface area contributed by atoms with Gasteiger partial charge in [0.15, 0.2) is 0 Å². The van der Waals surface area contributed by atoms with Crippen molar-refractivity contribution in [1.29, 1.82) is 0 Å². The molecule has 1 aliphatic heterocycles. The number of rotatable bonds is 3. The molecule has 122 valence electrons. The van der Waals surface area contributed by atoms with E-state index in [1.807, 2.05) is 0 Å². The van der Waals surface area contributed by atoms with Crippen LogP contribution in [0.15, 0.2) is 24.3 Å². The lowest BCUT2D eigenvalue weighted by atomic mass is 9.94. The van der Waals surface area contributed by atoms with Crippen LogP contribution >= 0.6 is 12.4 Å². The summed E-state index contributed by atoms with van der Waals surface area (Å²) in [6, 6.07) is 6.95. The van der Waals surface area contributed by atoms with Gasteiger partial charge in [-0.2, -0.15) is 0 Å². The third-order valence-corrected chi connectivity index (χ3v) is 3.94. The quantitative estimate of drug-likeness (QED) is 0.886. The number of benzene rings is 1. The van der Waals surface area contributed by atoms with Crippen molar-refractivity contribution in [2.75, 3.05) is 27.2 Å². The summed E-state index contributed by atoms with van der Waals surface area (Å²) in [4.78, 5) is 25.6. The SMILES string of the molecule is CC1CCNCC1NC(=O)c1ccc(C(=O)N(C)C)cc1.Cl. The minimum Gasteiger partial charge on any atom is -0.348 e. The molecule has 0 aromatic heterocycles. The Kier molecular flexibility index (Phi) is 6.84. The smallest absolute Gasteiger partial charge is 0.253 e. The molecule has 2 atom stereocenters. The molecule has 1 aromatic carbocycles. The Morgan fingerprint density at radius 2 is 1.77 bits per heavy atom. The van der Waals surface area contributed by atoms with Crippen LogP contribution in [0.2, 0.25) is 0 Å². The Morgan fingerprint density at radius 3 is 2.32 bits per heavy atom. The minimum absolute atomic E-state index is 0. The number of halogens is 1. The largest absolute Gasteiger partial charge is 0.348 e. The van der Waals surface area contributed by atoms with Gasteiger partial charge in [0.2, 0.25) is 0 Å². The molecular formula is C16H24ClN3O2. The third kappa shape index (κ3) is 4.45. The molecule has 0 spiro atoms. The Morgan fingerprint density at radius 1 is 1.18 bits per heavy atom. The maximum atomic E-state index is 12.2. The molecule has 1 fully saturated rings. The second kappa shape index (κ2) is 8.15. The monoisotopic (exact) mass is 325 g/mol. The standard InChI is InChI=1S/C16H23N3O2.ClH/c1-11-8-9-17-10-14(11)18-15(20)12-4-6-13(7-5-12)16(21)19(2)3;/h4-7,11,14,17H,8-10H2,1-3H3,(H,18,20);1H. The van der Waals surface area contributed by atoms with Gasteiger partial charge < -0.3 is 15.5 Å². The molecule has 1 saturated heterocycles. The maximum Gasteiger partial charge on any atom is 0.253 e. The number of amides is 2. The van der Waals surface area contributed by atoms with E-state index in [2.05, 4.69) is 17.6 Å². The van der Waals surface area contributed by atoms with E-state index in [1.54, 1.807) is 38.4 Å². The van der Waals surface area contributed by atoms with Crippen molar-refractivity contribution >= 4 is 24.2 Å². The zero-order valence-corrected chi connectivity index (χ0v) is 14.1. The van der Waals surface area contributed by atoms with Crippen molar-refractivity contribution in [1.82, 2.24) is 15.5 Å². The Labute approximate surface area is 137 Å². The van der Waals surface area contributed by atoms with E-state index in [0.29, 0.717) is 17.0 Å². The van der Waals surface area contributed by atoms with Crippen LogP contribution < -0.4 is 10.6 Å². The lowest BCUT2D eigenvalue weighted by Crippen LogP contribution is -2.50. The zero-order chi connectivity index (χ0) is 15.4. The van der Waals surface area contributed by atoms with Gasteiger partial charge >= 0.3 is 0 Å². The highest BCUT2D eigenvalue weighted by Gasteiger charge is 2.23. The Balaban J connectivity index is 0.00000242. The predicted molar refractivity (Wildman–Crippen MR) is 89.6 cm³/mol. The highest BCUT2D eigenvalue weighted by atomic mass is 35.5. The summed E-state index contributed by atoms with van der Waals surface area (Å²) in [6.45, 7) is 3.98. The number of nitrogens with one attached hydrogen (secondary N) is 2. The highest BCUT2D eigenvalue weighted by molar-refractivity contribution is 5.97. The van der Waals surface area contributed by atoms with Gasteiger partial charge in [0.1, 0.15) is 0 Å². The summed E-state index contributed by atoms with van der Waals surface area (Å²) < 4.78 is 0. The fourth-order valence-corrected chi connectivity index (χ4v) is 2.46. The van der Waals surface area contributed by atoms with E-state index in [9.17, 15) is 9.59 Å². The van der Waals surface area contributed by atoms with Crippen LogP contribution in [-0.4, -0.2) is 49.9 Å². The molecule has 22 heavy (non-hydrogen) atoms. The number of carbonyl (C=O) groups is 2. The van der Waals surface area contributed by atoms with E-state index >= 15 is 0 Å². The van der Waals surface area contributed by atoms with Crippen LogP contribution in [0.3, 0.4) is 0 Å². The fourth-order valence-electron chi connectivity index (χ4n) is 2.46. The molecular weight excluding hydrogens is 302 g/mol. The number of nitrogens with zero attached hydrogens (tertiary/aromatic N) is 1. The molecule has 1 aromatic rings. The van der Waals surface area contributed by atoms with Crippen molar-refractivity contribution in [2.45, 2.75) is 19.4 Å². The van der Waals surface area contributed by atoms with Crippen molar-refractivity contribution in [3.8, 4) is 0 Å². The fraction of sp³-hybridized carbons (Fsp3) is 0.500. The van der Waals surface area contributed by atoms with E-state index in [0.717, 1.165) is 19.5 Å². The highest BCUT2D eigenvalue weighted by Crippen LogP contribution is 2.13. The third-order valence-electron chi connectivity index (χ3n) is 3.94. The summed E-state index contributed by atoms with van der Waals surface area (Å²) >= 11 is 0. The summed E-state index contributed by atoms with van der Waals surface area (Å²) in [5, 5.41) is 6.35. The predicted octanol–water partition coefficient (Wildman–Crippen LogP) is 1.54. The van der Waals surface area contributed by atoms with Gasteiger partial charge in [-0.05, 0) is 43.1 Å². The number of hydrogen-bond acceptors (Lipinski definition) is 3. The molecule has 1 heterocycles. The number of piperidine rings is 1. The first-order valence-electron chi connectivity index (χ1n) is 7.32. The first-order chi connectivity index (χ1) is 9.99. The molecule has 6 heteroatoms. The molecule has 0 radical (unpaired) electrons. The van der Waals surface area contributed by atoms with Crippen LogP contribution in [0, 0.1) is 5.92 Å². The molecule has 1 aliphatic rings. The molecule has 0 saturated carbocycles. The summed E-state index contributed by atoms with van der Waals surface area (Å²) in [7, 11) is 3.42. The first-order valence-corrected chi connectivity index (χ1v) is 7.32. The van der Waals surface area contributed by atoms with Gasteiger partial charge in [-0.3, -0.25) is 9.59 Å². The van der Waals surface area contributed by atoms with Crippen molar-refractivity contribution in [3.63, 3.8) is 0 Å². The van der Waals surface area contributed by atoms with Crippen LogP contribution in [0.5, 0.6) is 0 Å². The molecule has 2 unspecified atom stereocenters. The first kappa shape index (κ1) is 18.5. The Hall–Kier alpha value is -1.59. The summed E-state index contributed by atoms with van der Waals surface area (Å²) in [5.74, 6) is 0.330. The van der Waals surface area contributed by atoms with Gasteiger partial charge in [0.25, 0.3) is 11.8 Å². The van der Waals surface area contributed by atoms with Gasteiger partial charge in [0.05, 0.1) is 0 Å². The topological polar surface area (TPSA) is 61.4 Å². The second-order valence-corrected chi connectivity index (χ2v) is 5.83. The number of carbonyl (C=O) groups excluding carboxylic acids is 2. The summed E-state index contributed by atoms with van der Waals surface area (Å²) in [5.41, 5.74) is 1.17. The lowest BCUT2D eigenvalue weighted by Gasteiger charge is -2.30. The molecule has 5 nitrogen and oxygen atoms in total. The summed E-state index contributed by atoms with van der Waals surface area (Å²) in [6.07, 6.45) is 1.07. The van der Waals surface area contributed by atoms with Crippen molar-refractivity contribution in [3.05, 3.63) is 35.4 Å². The van der Waals surface area contributed by atoms with Crippen LogP contribution in [0.4, 0.5) is 0 Å². The molecule has 0 bridgehead atoms. The van der Waals surface area contributed by atoms with Crippen molar-refractivity contribution in [2.24, 2.45) is 5.92 Å². The van der Waals surface area contributed by atoms with Crippen LogP contribution in [0.25, 0.3) is 0 Å². The van der Waals surface area contributed by atoms with Crippen LogP contribution in [0.1, 0.15) is 34.1 Å². The van der Waals surface area contributed by atoms with E-state index < -0.39 is 0 Å². The van der Waals surface area contributed by atoms with E-state index in [4.69, 9.17) is 0 Å². The normalized spacial score (nSPS) is 20.7. The van der Waals surface area contributed by atoms with E-state index in [1.165, 1.54) is 4.90 Å². The molecule has 2 rings (SSSR count). The van der Waals surface area contributed by atoms with Gasteiger partial charge in [-0.15, -0.1) is 12.4 Å². The number of hydrogen-bond donors (Lipinski definition) is 2. The molecule has 0 aliphatic carbocycles. The van der Waals surface area contributed by atoms with Crippen molar-refractivity contribution < 1.29 is 9.59 Å².